The van der Waals surface area contributed by atoms with Gasteiger partial charge < -0.3 is 10.2 Å². The Kier molecular flexibility index (Phi) is 4.65. The lowest BCUT2D eigenvalue weighted by Crippen LogP contribution is -2.45. The highest BCUT2D eigenvalue weighted by Gasteiger charge is 2.58. The Morgan fingerprint density at radius 1 is 1.27 bits per heavy atom. The Hall–Kier alpha value is -1.71. The number of piperidine rings is 1. The Morgan fingerprint density at radius 2 is 1.97 bits per heavy atom. The summed E-state index contributed by atoms with van der Waals surface area (Å²) < 4.78 is 17.1. The number of halogens is 1. The second-order valence-electron chi connectivity index (χ2n) is 8.84. The molecule has 1 amide bonds. The fraction of sp³-hybridized carbons (Fsp3) is 0.571. The van der Waals surface area contributed by atoms with Crippen LogP contribution in [0.5, 0.6) is 0 Å². The van der Waals surface area contributed by atoms with Gasteiger partial charge in [-0.15, -0.1) is 11.3 Å². The van der Waals surface area contributed by atoms with Crippen LogP contribution in [0.3, 0.4) is 0 Å². The number of fused-ring (bicyclic) bond motifs is 2. The van der Waals surface area contributed by atoms with Gasteiger partial charge in [-0.3, -0.25) is 9.10 Å². The lowest BCUT2D eigenvalue weighted by atomic mass is 9.91. The predicted molar refractivity (Wildman–Crippen MR) is 119 cm³/mol. The van der Waals surface area contributed by atoms with Gasteiger partial charge in [0.25, 0.3) is 5.91 Å². The monoisotopic (exact) mass is 447 g/mol. The molecule has 1 N–H and O–H groups in total. The van der Waals surface area contributed by atoms with Crippen LogP contribution in [0.4, 0.5) is 10.3 Å². The second kappa shape index (κ2) is 6.90. The van der Waals surface area contributed by atoms with Crippen LogP contribution in [0.1, 0.15) is 53.4 Å². The number of amides is 1. The van der Waals surface area contributed by atoms with Crippen LogP contribution in [-0.2, 0) is 5.54 Å². The molecule has 0 radical (unpaired) electrons. The molecule has 0 atom stereocenters. The molecular weight excluding hydrogens is 421 g/mol. The third-order valence-electron chi connectivity index (χ3n) is 6.91. The van der Waals surface area contributed by atoms with Gasteiger partial charge in [0.05, 0.1) is 22.2 Å². The van der Waals surface area contributed by atoms with Crippen molar-refractivity contribution in [3.05, 3.63) is 28.0 Å². The summed E-state index contributed by atoms with van der Waals surface area (Å²) in [6.45, 7) is 6.07. The van der Waals surface area contributed by atoms with Crippen molar-refractivity contribution in [3.8, 4) is 10.6 Å². The van der Waals surface area contributed by atoms with Gasteiger partial charge in [-0.1, -0.05) is 11.9 Å². The van der Waals surface area contributed by atoms with E-state index in [1.54, 1.807) is 11.9 Å². The van der Waals surface area contributed by atoms with Gasteiger partial charge in [-0.25, -0.2) is 14.4 Å². The highest BCUT2D eigenvalue weighted by molar-refractivity contribution is 7.96. The third kappa shape index (κ3) is 2.97. The van der Waals surface area contributed by atoms with Crippen LogP contribution in [-0.4, -0.2) is 57.0 Å². The van der Waals surface area contributed by atoms with Crippen molar-refractivity contribution in [2.45, 2.75) is 50.6 Å². The first-order chi connectivity index (χ1) is 14.3. The average molecular weight is 448 g/mol. The summed E-state index contributed by atoms with van der Waals surface area (Å²) in [6.07, 6.45) is 7.24. The van der Waals surface area contributed by atoms with E-state index >= 15 is 0 Å². The topological polar surface area (TPSA) is 61.4 Å². The molecule has 2 aromatic heterocycles. The number of aromatic nitrogens is 2. The molecule has 1 spiro atoms. The molecule has 2 fully saturated rings. The van der Waals surface area contributed by atoms with Crippen LogP contribution >= 0.6 is 23.3 Å². The summed E-state index contributed by atoms with van der Waals surface area (Å²) >= 11 is 3.29. The normalized spacial score (nSPS) is 21.9. The van der Waals surface area contributed by atoms with E-state index in [9.17, 15) is 9.18 Å². The predicted octanol–water partition coefficient (Wildman–Crippen LogP) is 4.27. The zero-order valence-electron chi connectivity index (χ0n) is 17.7. The van der Waals surface area contributed by atoms with Crippen molar-refractivity contribution in [1.29, 1.82) is 0 Å². The van der Waals surface area contributed by atoms with E-state index < -0.39 is 5.82 Å². The van der Waals surface area contributed by atoms with Crippen molar-refractivity contribution in [2.75, 3.05) is 31.7 Å². The van der Waals surface area contributed by atoms with Crippen molar-refractivity contribution in [1.82, 2.24) is 19.2 Å². The molecule has 2 aromatic rings. The number of anilines is 1. The molecule has 1 saturated heterocycles. The minimum Gasteiger partial charge on any atom is -0.349 e. The molecule has 160 valence electrons. The maximum absolute atomic E-state index is 14.8. The largest absolute Gasteiger partial charge is 0.349 e. The van der Waals surface area contributed by atoms with Crippen LogP contribution < -0.4 is 5.32 Å². The van der Waals surface area contributed by atoms with E-state index in [2.05, 4.69) is 32.8 Å². The van der Waals surface area contributed by atoms with Crippen LogP contribution in [0.25, 0.3) is 10.6 Å². The Labute approximate surface area is 184 Å². The standard InChI is InChI=1S/C21H26FN5OS2/c1-12-14-17(21(5-6-21)26(3)18(14)28)30-16(12)15-13(22)11-23-19(24-15)25-20(2)7-9-27(29-4)10-8-20/h11H,5-10H2,1-4H3,(H,23,24,25). The lowest BCUT2D eigenvalue weighted by Gasteiger charge is -2.39. The number of thiophene rings is 1. The number of nitrogens with zero attached hydrogens (tertiary/aromatic N) is 4. The molecule has 1 aliphatic carbocycles. The van der Waals surface area contributed by atoms with E-state index in [4.69, 9.17) is 0 Å². The first-order valence-electron chi connectivity index (χ1n) is 10.3. The molecule has 6 nitrogen and oxygen atoms in total. The quantitative estimate of drug-likeness (QED) is 0.707. The maximum atomic E-state index is 14.8. The molecule has 0 bridgehead atoms. The average Bonchev–Trinajstić information content (AvgIpc) is 3.42. The molecule has 0 aromatic carbocycles. The van der Waals surface area contributed by atoms with Crippen LogP contribution in [0.2, 0.25) is 0 Å². The Bertz CT molecular complexity index is 1030. The van der Waals surface area contributed by atoms with Gasteiger partial charge in [0, 0.05) is 30.6 Å². The molecule has 0 unspecified atom stereocenters. The third-order valence-corrected chi connectivity index (χ3v) is 9.28. The second-order valence-corrected chi connectivity index (χ2v) is 10.7. The highest BCUT2D eigenvalue weighted by atomic mass is 32.2. The molecule has 4 heterocycles. The molecule has 3 aliphatic rings. The molecule has 5 rings (SSSR count). The number of carbonyl (C=O) groups excluding carboxylic acids is 1. The zero-order valence-corrected chi connectivity index (χ0v) is 19.3. The van der Waals surface area contributed by atoms with Crippen LogP contribution in [0, 0.1) is 12.7 Å². The Morgan fingerprint density at radius 3 is 2.60 bits per heavy atom. The van der Waals surface area contributed by atoms with Gasteiger partial charge in [0.1, 0.15) is 5.69 Å². The molecule has 2 aliphatic heterocycles. The minimum absolute atomic E-state index is 0.0448. The van der Waals surface area contributed by atoms with Crippen molar-refractivity contribution in [3.63, 3.8) is 0 Å². The molecule has 30 heavy (non-hydrogen) atoms. The van der Waals surface area contributed by atoms with E-state index in [-0.39, 0.29) is 17.0 Å². The van der Waals surface area contributed by atoms with Crippen molar-refractivity contribution < 1.29 is 9.18 Å². The van der Waals surface area contributed by atoms with Crippen LogP contribution in [0.15, 0.2) is 6.20 Å². The van der Waals surface area contributed by atoms with E-state index in [0.29, 0.717) is 11.6 Å². The lowest BCUT2D eigenvalue weighted by molar-refractivity contribution is 0.0755. The van der Waals surface area contributed by atoms with E-state index in [1.807, 2.05) is 18.9 Å². The fourth-order valence-electron chi connectivity index (χ4n) is 4.66. The summed E-state index contributed by atoms with van der Waals surface area (Å²) in [6, 6.07) is 0. The van der Waals surface area contributed by atoms with Gasteiger partial charge in [-0.2, -0.15) is 0 Å². The summed E-state index contributed by atoms with van der Waals surface area (Å²) in [4.78, 5) is 25.3. The van der Waals surface area contributed by atoms with Crippen molar-refractivity contribution >= 4 is 35.1 Å². The van der Waals surface area contributed by atoms with Gasteiger partial charge in [-0.05, 0) is 51.3 Å². The molecule has 9 heteroatoms. The maximum Gasteiger partial charge on any atom is 0.255 e. The SMILES string of the molecule is CSN1CCC(C)(Nc2ncc(F)c(-c3sc4c(c3C)C(=O)N(C)C43CC3)n2)CC1. The van der Waals surface area contributed by atoms with Gasteiger partial charge >= 0.3 is 0 Å². The smallest absolute Gasteiger partial charge is 0.255 e. The first-order valence-corrected chi connectivity index (χ1v) is 12.3. The van der Waals surface area contributed by atoms with Gasteiger partial charge in [0.15, 0.2) is 5.82 Å². The van der Waals surface area contributed by atoms with Crippen molar-refractivity contribution in [2.24, 2.45) is 0 Å². The van der Waals surface area contributed by atoms with E-state index in [1.165, 1.54) is 17.5 Å². The number of carbonyl (C=O) groups is 1. The number of hydrogen-bond acceptors (Lipinski definition) is 7. The number of rotatable bonds is 4. The Balaban J connectivity index is 1.47. The summed E-state index contributed by atoms with van der Waals surface area (Å²) in [5.41, 5.74) is 1.59. The number of hydrogen-bond donors (Lipinski definition) is 1. The fourth-order valence-corrected chi connectivity index (χ4v) is 6.78. The summed E-state index contributed by atoms with van der Waals surface area (Å²) in [5.74, 6) is 0.0454. The first kappa shape index (κ1) is 20.2. The molecular formula is C21H26FN5OS2. The summed E-state index contributed by atoms with van der Waals surface area (Å²) in [5, 5.41) is 3.46. The zero-order chi connectivity index (χ0) is 21.3. The van der Waals surface area contributed by atoms with Gasteiger partial charge in [0.2, 0.25) is 5.95 Å². The summed E-state index contributed by atoms with van der Waals surface area (Å²) in [7, 11) is 1.87. The minimum atomic E-state index is -0.448. The highest BCUT2D eigenvalue weighted by Crippen LogP contribution is 2.60. The van der Waals surface area contributed by atoms with E-state index in [0.717, 1.165) is 59.7 Å². The number of nitrogens with one attached hydrogen (secondary N) is 1. The molecule has 1 saturated carbocycles.